The van der Waals surface area contributed by atoms with Crippen molar-refractivity contribution in [2.24, 2.45) is 0 Å². The molecule has 1 saturated heterocycles. The number of carboxylic acid groups (broad SMARTS) is 1. The molecule has 1 aromatic carbocycles. The number of carbonyl (C=O) groups excluding carboxylic acids is 1. The number of nitrogens with zero attached hydrogens (tertiary/aromatic N) is 1. The van der Waals surface area contributed by atoms with Crippen molar-refractivity contribution in [1.82, 2.24) is 4.90 Å². The third-order valence-electron chi connectivity index (χ3n) is 3.84. The van der Waals surface area contributed by atoms with Gasteiger partial charge in [-0.15, -0.1) is 0 Å². The van der Waals surface area contributed by atoms with Gasteiger partial charge in [0.15, 0.2) is 0 Å². The first-order chi connectivity index (χ1) is 9.66. The molecule has 0 spiro atoms. The Morgan fingerprint density at radius 1 is 1.20 bits per heavy atom. The van der Waals surface area contributed by atoms with Crippen molar-refractivity contribution in [2.45, 2.75) is 44.6 Å². The number of hydrogen-bond donors (Lipinski definition) is 1. The Balaban J connectivity index is 1.96. The summed E-state index contributed by atoms with van der Waals surface area (Å²) in [6, 6.07) is 9.80. The van der Waals surface area contributed by atoms with E-state index in [1.54, 1.807) is 0 Å². The fourth-order valence-corrected chi connectivity index (χ4v) is 2.79. The third-order valence-corrected chi connectivity index (χ3v) is 3.84. The van der Waals surface area contributed by atoms with Crippen molar-refractivity contribution in [3.8, 4) is 0 Å². The summed E-state index contributed by atoms with van der Waals surface area (Å²) in [4.78, 5) is 25.0. The van der Waals surface area contributed by atoms with E-state index in [9.17, 15) is 9.59 Å². The van der Waals surface area contributed by atoms with Crippen LogP contribution in [-0.4, -0.2) is 34.5 Å². The number of piperidine rings is 1. The fourth-order valence-electron chi connectivity index (χ4n) is 2.79. The van der Waals surface area contributed by atoms with Crippen LogP contribution in [0.3, 0.4) is 0 Å². The van der Waals surface area contributed by atoms with Crippen LogP contribution in [0.15, 0.2) is 30.3 Å². The highest BCUT2D eigenvalue weighted by Gasteiger charge is 2.26. The quantitative estimate of drug-likeness (QED) is 0.898. The van der Waals surface area contributed by atoms with Gasteiger partial charge in [-0.05, 0) is 31.2 Å². The zero-order valence-electron chi connectivity index (χ0n) is 11.6. The Morgan fingerprint density at radius 2 is 1.95 bits per heavy atom. The average Bonchev–Trinajstić information content (AvgIpc) is 2.46. The second-order valence-corrected chi connectivity index (χ2v) is 5.33. The minimum absolute atomic E-state index is 0.0936. The van der Waals surface area contributed by atoms with Crippen LogP contribution in [0.1, 0.15) is 37.7 Å². The van der Waals surface area contributed by atoms with Crippen LogP contribution >= 0.6 is 0 Å². The number of aliphatic carboxylic acids is 1. The highest BCUT2D eigenvalue weighted by Crippen LogP contribution is 2.22. The summed E-state index contributed by atoms with van der Waals surface area (Å²) < 4.78 is 0. The number of carboxylic acids is 1. The van der Waals surface area contributed by atoms with Crippen LogP contribution < -0.4 is 0 Å². The highest BCUT2D eigenvalue weighted by atomic mass is 16.4. The average molecular weight is 275 g/mol. The van der Waals surface area contributed by atoms with Gasteiger partial charge in [-0.25, -0.2) is 0 Å². The van der Waals surface area contributed by atoms with Crippen molar-refractivity contribution >= 4 is 11.9 Å². The Morgan fingerprint density at radius 3 is 2.65 bits per heavy atom. The molecule has 4 heteroatoms. The smallest absolute Gasteiger partial charge is 0.303 e. The fraction of sp³-hybridized carbons (Fsp3) is 0.500. The molecule has 0 bridgehead atoms. The number of hydrogen-bond acceptors (Lipinski definition) is 2. The molecule has 4 nitrogen and oxygen atoms in total. The number of carbonyl (C=O) groups is 2. The number of likely N-dealkylation sites (tertiary alicyclic amines) is 1. The van der Waals surface area contributed by atoms with Crippen molar-refractivity contribution in [3.05, 3.63) is 35.9 Å². The molecule has 1 amide bonds. The zero-order valence-corrected chi connectivity index (χ0v) is 11.6. The molecule has 2 rings (SSSR count). The van der Waals surface area contributed by atoms with E-state index in [1.165, 1.54) is 0 Å². The van der Waals surface area contributed by atoms with Crippen molar-refractivity contribution in [2.75, 3.05) is 6.54 Å². The molecule has 1 fully saturated rings. The van der Waals surface area contributed by atoms with E-state index in [4.69, 9.17) is 5.11 Å². The standard InChI is InChI=1S/C16H21NO3/c18-15(12-13-6-2-1-3-7-13)17-11-5-4-8-14(17)9-10-16(19)20/h1-3,6-7,14H,4-5,8-12H2,(H,19,20)/t14-/m0/s1. The maximum absolute atomic E-state index is 12.4. The zero-order chi connectivity index (χ0) is 14.4. The van der Waals surface area contributed by atoms with E-state index in [0.717, 1.165) is 31.4 Å². The second kappa shape index (κ2) is 7.08. The van der Waals surface area contributed by atoms with Crippen LogP contribution in [-0.2, 0) is 16.0 Å². The van der Waals surface area contributed by atoms with Crippen molar-refractivity contribution in [1.29, 1.82) is 0 Å². The Bertz CT molecular complexity index is 458. The minimum atomic E-state index is -0.786. The Kier molecular flexibility index (Phi) is 5.16. The first kappa shape index (κ1) is 14.6. The van der Waals surface area contributed by atoms with Gasteiger partial charge < -0.3 is 10.0 Å². The van der Waals surface area contributed by atoms with Crippen LogP contribution in [0.25, 0.3) is 0 Å². The van der Waals surface area contributed by atoms with Crippen molar-refractivity contribution in [3.63, 3.8) is 0 Å². The molecular formula is C16H21NO3. The van der Waals surface area contributed by atoms with Gasteiger partial charge in [0.1, 0.15) is 0 Å². The molecule has 0 aliphatic carbocycles. The first-order valence-electron chi connectivity index (χ1n) is 7.22. The molecule has 0 aromatic heterocycles. The van der Waals surface area contributed by atoms with E-state index in [2.05, 4.69) is 0 Å². The summed E-state index contributed by atoms with van der Waals surface area (Å²) in [5, 5.41) is 8.80. The van der Waals surface area contributed by atoms with Gasteiger partial charge in [-0.3, -0.25) is 9.59 Å². The number of benzene rings is 1. The largest absolute Gasteiger partial charge is 0.481 e. The molecule has 1 heterocycles. The van der Waals surface area contributed by atoms with Crippen molar-refractivity contribution < 1.29 is 14.7 Å². The van der Waals surface area contributed by atoms with Crippen LogP contribution in [0.5, 0.6) is 0 Å². The first-order valence-corrected chi connectivity index (χ1v) is 7.22. The van der Waals surface area contributed by atoms with Gasteiger partial charge in [-0.1, -0.05) is 30.3 Å². The summed E-state index contributed by atoms with van der Waals surface area (Å²) in [6.07, 6.45) is 4.14. The molecule has 1 aromatic rings. The van der Waals surface area contributed by atoms with Gasteiger partial charge in [0.2, 0.25) is 5.91 Å². The highest BCUT2D eigenvalue weighted by molar-refractivity contribution is 5.79. The summed E-state index contributed by atoms with van der Waals surface area (Å²) in [7, 11) is 0. The van der Waals surface area contributed by atoms with E-state index in [1.807, 2.05) is 35.2 Å². The Labute approximate surface area is 119 Å². The van der Waals surface area contributed by atoms with Gasteiger partial charge in [0.05, 0.1) is 6.42 Å². The molecule has 0 saturated carbocycles. The van der Waals surface area contributed by atoms with E-state index < -0.39 is 5.97 Å². The lowest BCUT2D eigenvalue weighted by Gasteiger charge is -2.35. The molecular weight excluding hydrogens is 254 g/mol. The Hall–Kier alpha value is -1.84. The predicted molar refractivity (Wildman–Crippen MR) is 76.4 cm³/mol. The molecule has 1 atom stereocenters. The van der Waals surface area contributed by atoms with Gasteiger partial charge in [0, 0.05) is 19.0 Å². The molecule has 1 aliphatic rings. The molecule has 20 heavy (non-hydrogen) atoms. The summed E-state index contributed by atoms with van der Waals surface area (Å²) in [5.74, 6) is -0.669. The van der Waals surface area contributed by atoms with Gasteiger partial charge in [-0.2, -0.15) is 0 Å². The summed E-state index contributed by atoms with van der Waals surface area (Å²) >= 11 is 0. The van der Waals surface area contributed by atoms with Crippen LogP contribution in [0.4, 0.5) is 0 Å². The molecule has 1 N–H and O–H groups in total. The molecule has 0 radical (unpaired) electrons. The van der Waals surface area contributed by atoms with E-state index >= 15 is 0 Å². The maximum Gasteiger partial charge on any atom is 0.303 e. The SMILES string of the molecule is O=C(O)CC[C@@H]1CCCCN1C(=O)Cc1ccccc1. The number of rotatable bonds is 5. The molecule has 108 valence electrons. The lowest BCUT2D eigenvalue weighted by atomic mass is 9.97. The second-order valence-electron chi connectivity index (χ2n) is 5.33. The predicted octanol–water partition coefficient (Wildman–Crippen LogP) is 2.48. The molecule has 0 unspecified atom stereocenters. The van der Waals surface area contributed by atoms with Gasteiger partial charge >= 0.3 is 5.97 Å². The maximum atomic E-state index is 12.4. The lowest BCUT2D eigenvalue weighted by molar-refractivity contribution is -0.139. The minimum Gasteiger partial charge on any atom is -0.481 e. The third kappa shape index (κ3) is 4.08. The topological polar surface area (TPSA) is 57.6 Å². The van der Waals surface area contributed by atoms with Crippen LogP contribution in [0, 0.1) is 0 Å². The summed E-state index contributed by atoms with van der Waals surface area (Å²) in [6.45, 7) is 0.760. The van der Waals surface area contributed by atoms with E-state index in [0.29, 0.717) is 12.8 Å². The normalized spacial score (nSPS) is 18.8. The molecule has 1 aliphatic heterocycles. The van der Waals surface area contributed by atoms with Gasteiger partial charge in [0.25, 0.3) is 0 Å². The van der Waals surface area contributed by atoms with E-state index in [-0.39, 0.29) is 18.4 Å². The monoisotopic (exact) mass is 275 g/mol. The number of amides is 1. The summed E-state index contributed by atoms with van der Waals surface area (Å²) in [5.41, 5.74) is 1.01. The lowest BCUT2D eigenvalue weighted by Crippen LogP contribution is -2.44. The van der Waals surface area contributed by atoms with Crippen LogP contribution in [0.2, 0.25) is 0 Å².